The summed E-state index contributed by atoms with van der Waals surface area (Å²) in [5, 5.41) is 3.28. The smallest absolute Gasteiger partial charge is 0.240 e. The minimum atomic E-state index is -3.54. The number of rotatable bonds is 5. The molecule has 5 nitrogen and oxygen atoms in total. The molecule has 1 aliphatic rings. The highest BCUT2D eigenvalue weighted by molar-refractivity contribution is 7.89. The SMILES string of the molecule is COc1ccc(S(=O)(=O)NCc2ccc3c(c2)CNC3)cc1C.Cl. The van der Waals surface area contributed by atoms with Crippen molar-refractivity contribution in [2.24, 2.45) is 0 Å². The molecule has 0 bridgehead atoms. The minimum absolute atomic E-state index is 0. The van der Waals surface area contributed by atoms with Crippen molar-refractivity contribution < 1.29 is 13.2 Å². The fourth-order valence-corrected chi connectivity index (χ4v) is 3.84. The van der Waals surface area contributed by atoms with E-state index in [0.29, 0.717) is 5.75 Å². The zero-order valence-corrected chi connectivity index (χ0v) is 15.3. The second-order valence-electron chi connectivity index (χ2n) is 5.66. The Hall–Kier alpha value is -1.60. The Morgan fingerprint density at radius 1 is 1.12 bits per heavy atom. The Labute approximate surface area is 148 Å². The summed E-state index contributed by atoms with van der Waals surface area (Å²) in [6.45, 7) is 3.83. The van der Waals surface area contributed by atoms with E-state index in [1.807, 2.05) is 13.0 Å². The molecule has 0 saturated carbocycles. The van der Waals surface area contributed by atoms with Gasteiger partial charge in [-0.15, -0.1) is 12.4 Å². The van der Waals surface area contributed by atoms with Crippen molar-refractivity contribution in [1.29, 1.82) is 0 Å². The average molecular weight is 369 g/mol. The number of ether oxygens (including phenoxy) is 1. The van der Waals surface area contributed by atoms with Crippen molar-refractivity contribution in [1.82, 2.24) is 10.0 Å². The molecule has 1 heterocycles. The molecule has 2 aromatic carbocycles. The second kappa shape index (κ2) is 7.53. The van der Waals surface area contributed by atoms with Crippen molar-refractivity contribution in [3.63, 3.8) is 0 Å². The maximum Gasteiger partial charge on any atom is 0.240 e. The van der Waals surface area contributed by atoms with E-state index in [1.165, 1.54) is 11.1 Å². The van der Waals surface area contributed by atoms with Gasteiger partial charge in [-0.3, -0.25) is 0 Å². The van der Waals surface area contributed by atoms with Crippen LogP contribution in [0.1, 0.15) is 22.3 Å². The Bertz CT molecular complexity index is 838. The molecule has 130 valence electrons. The molecular weight excluding hydrogens is 348 g/mol. The van der Waals surface area contributed by atoms with Crippen LogP contribution in [0.4, 0.5) is 0 Å². The van der Waals surface area contributed by atoms with Crippen molar-refractivity contribution in [2.75, 3.05) is 7.11 Å². The van der Waals surface area contributed by atoms with Crippen LogP contribution in [0.15, 0.2) is 41.3 Å². The number of hydrogen-bond acceptors (Lipinski definition) is 4. The standard InChI is InChI=1S/C17H20N2O3S.ClH/c1-12-7-16(5-6-17(12)22-2)23(20,21)19-9-13-3-4-14-10-18-11-15(14)8-13;/h3-8,18-19H,9-11H2,1-2H3;1H. The number of nitrogens with one attached hydrogen (secondary N) is 2. The van der Waals surface area contributed by atoms with E-state index in [2.05, 4.69) is 22.2 Å². The largest absolute Gasteiger partial charge is 0.496 e. The number of benzene rings is 2. The number of hydrogen-bond donors (Lipinski definition) is 2. The zero-order chi connectivity index (χ0) is 16.4. The van der Waals surface area contributed by atoms with E-state index >= 15 is 0 Å². The van der Waals surface area contributed by atoms with Crippen LogP contribution in [-0.4, -0.2) is 15.5 Å². The van der Waals surface area contributed by atoms with Gasteiger partial charge in [0, 0.05) is 19.6 Å². The fourth-order valence-electron chi connectivity index (χ4n) is 2.74. The molecule has 0 radical (unpaired) electrons. The Balaban J connectivity index is 0.00000208. The van der Waals surface area contributed by atoms with Crippen molar-refractivity contribution >= 4 is 22.4 Å². The van der Waals surface area contributed by atoms with Gasteiger partial charge >= 0.3 is 0 Å². The molecule has 7 heteroatoms. The van der Waals surface area contributed by atoms with Crippen LogP contribution < -0.4 is 14.8 Å². The number of halogens is 1. The van der Waals surface area contributed by atoms with Gasteiger partial charge in [0.25, 0.3) is 0 Å². The minimum Gasteiger partial charge on any atom is -0.496 e. The lowest BCUT2D eigenvalue weighted by Gasteiger charge is -2.10. The maximum atomic E-state index is 12.4. The summed E-state index contributed by atoms with van der Waals surface area (Å²) < 4.78 is 32.7. The van der Waals surface area contributed by atoms with Crippen LogP contribution in [0.3, 0.4) is 0 Å². The van der Waals surface area contributed by atoms with Crippen LogP contribution in [0.5, 0.6) is 5.75 Å². The molecule has 0 saturated heterocycles. The molecule has 24 heavy (non-hydrogen) atoms. The lowest BCUT2D eigenvalue weighted by atomic mass is 10.1. The summed E-state index contributed by atoms with van der Waals surface area (Å²) in [5.74, 6) is 0.676. The number of aryl methyl sites for hydroxylation is 1. The van der Waals surface area contributed by atoms with Gasteiger partial charge in [0.1, 0.15) is 5.75 Å². The summed E-state index contributed by atoms with van der Waals surface area (Å²) >= 11 is 0. The molecule has 2 aromatic rings. The fraction of sp³-hybridized carbons (Fsp3) is 0.294. The highest BCUT2D eigenvalue weighted by Crippen LogP contribution is 2.22. The summed E-state index contributed by atoms with van der Waals surface area (Å²) in [4.78, 5) is 0.249. The first kappa shape index (κ1) is 18.7. The van der Waals surface area contributed by atoms with Crippen LogP contribution >= 0.6 is 12.4 Å². The van der Waals surface area contributed by atoms with Gasteiger partial charge in [0.05, 0.1) is 12.0 Å². The Morgan fingerprint density at radius 2 is 1.88 bits per heavy atom. The van der Waals surface area contributed by atoms with Gasteiger partial charge in [0.2, 0.25) is 10.0 Å². The molecule has 0 aliphatic carbocycles. The van der Waals surface area contributed by atoms with Gasteiger partial charge in [-0.25, -0.2) is 13.1 Å². The van der Waals surface area contributed by atoms with Gasteiger partial charge in [-0.2, -0.15) is 0 Å². The molecule has 1 aliphatic heterocycles. The first-order valence-corrected chi connectivity index (χ1v) is 8.93. The predicted molar refractivity (Wildman–Crippen MR) is 96.0 cm³/mol. The topological polar surface area (TPSA) is 67.4 Å². The normalized spacial score (nSPS) is 13.2. The van der Waals surface area contributed by atoms with E-state index in [9.17, 15) is 8.42 Å². The highest BCUT2D eigenvalue weighted by Gasteiger charge is 2.16. The summed E-state index contributed by atoms with van der Waals surface area (Å²) in [6, 6.07) is 10.9. The average Bonchev–Trinajstić information content (AvgIpc) is 3.00. The summed E-state index contributed by atoms with van der Waals surface area (Å²) in [7, 11) is -1.97. The van der Waals surface area contributed by atoms with E-state index in [-0.39, 0.29) is 23.8 Å². The molecule has 0 spiro atoms. The van der Waals surface area contributed by atoms with Crippen molar-refractivity contribution in [3.05, 3.63) is 58.7 Å². The third-order valence-corrected chi connectivity index (χ3v) is 5.44. The molecule has 0 unspecified atom stereocenters. The lowest BCUT2D eigenvalue weighted by Crippen LogP contribution is -2.23. The lowest BCUT2D eigenvalue weighted by molar-refractivity contribution is 0.411. The van der Waals surface area contributed by atoms with Crippen LogP contribution in [0, 0.1) is 6.92 Å². The van der Waals surface area contributed by atoms with Crippen LogP contribution in [-0.2, 0) is 29.7 Å². The molecule has 0 atom stereocenters. The molecule has 3 rings (SSSR count). The maximum absolute atomic E-state index is 12.4. The second-order valence-corrected chi connectivity index (χ2v) is 7.43. The van der Waals surface area contributed by atoms with Crippen molar-refractivity contribution in [3.8, 4) is 5.75 Å². The van der Waals surface area contributed by atoms with E-state index in [1.54, 1.807) is 25.3 Å². The third-order valence-electron chi connectivity index (χ3n) is 4.04. The molecule has 2 N–H and O–H groups in total. The number of methoxy groups -OCH3 is 1. The summed E-state index contributed by atoms with van der Waals surface area (Å²) in [5.41, 5.74) is 4.27. The van der Waals surface area contributed by atoms with E-state index in [4.69, 9.17) is 4.74 Å². The van der Waals surface area contributed by atoms with Crippen LogP contribution in [0.25, 0.3) is 0 Å². The Kier molecular flexibility index (Phi) is 5.87. The molecule has 0 aromatic heterocycles. The van der Waals surface area contributed by atoms with Gasteiger partial charge in [0.15, 0.2) is 0 Å². The van der Waals surface area contributed by atoms with Gasteiger partial charge in [-0.1, -0.05) is 18.2 Å². The Morgan fingerprint density at radius 3 is 2.58 bits per heavy atom. The quantitative estimate of drug-likeness (QED) is 0.851. The third kappa shape index (κ3) is 3.89. The first-order valence-electron chi connectivity index (χ1n) is 7.45. The molecule has 0 fully saturated rings. The van der Waals surface area contributed by atoms with Crippen LogP contribution in [0.2, 0.25) is 0 Å². The summed E-state index contributed by atoms with van der Waals surface area (Å²) in [6.07, 6.45) is 0. The number of sulfonamides is 1. The zero-order valence-electron chi connectivity index (χ0n) is 13.6. The predicted octanol–water partition coefficient (Wildman–Crippen LogP) is 2.51. The van der Waals surface area contributed by atoms with Crippen molar-refractivity contribution in [2.45, 2.75) is 31.5 Å². The monoisotopic (exact) mass is 368 g/mol. The van der Waals surface area contributed by atoms with Gasteiger partial charge < -0.3 is 10.1 Å². The number of fused-ring (bicyclic) bond motifs is 1. The molecule has 0 amide bonds. The van der Waals surface area contributed by atoms with Gasteiger partial charge in [-0.05, 0) is 47.4 Å². The first-order chi connectivity index (χ1) is 11.0. The molecular formula is C17H21ClN2O3S. The highest BCUT2D eigenvalue weighted by atomic mass is 35.5. The van der Waals surface area contributed by atoms with E-state index < -0.39 is 10.0 Å². The van der Waals surface area contributed by atoms with E-state index in [0.717, 1.165) is 24.2 Å².